The van der Waals surface area contributed by atoms with E-state index in [0.717, 1.165) is 56.5 Å². The van der Waals surface area contributed by atoms with Crippen LogP contribution < -0.4 is 10.6 Å². The van der Waals surface area contributed by atoms with Crippen LogP contribution in [0.1, 0.15) is 51.4 Å². The fraction of sp³-hybridized carbons (Fsp3) is 0.789. The van der Waals surface area contributed by atoms with Gasteiger partial charge in [0, 0.05) is 18.7 Å². The van der Waals surface area contributed by atoms with Gasteiger partial charge in [0.1, 0.15) is 6.33 Å². The van der Waals surface area contributed by atoms with Crippen molar-refractivity contribution in [2.45, 2.75) is 63.0 Å². The van der Waals surface area contributed by atoms with Gasteiger partial charge >= 0.3 is 5.69 Å². The summed E-state index contributed by atoms with van der Waals surface area (Å²) in [6.07, 6.45) is 10.9. The summed E-state index contributed by atoms with van der Waals surface area (Å²) in [6.45, 7) is 1.30. The smallest absolute Gasteiger partial charge is 0.353 e. The number of nitrogens with zero attached hydrogens (tertiary/aromatic N) is 3. The van der Waals surface area contributed by atoms with Gasteiger partial charge in [-0.3, -0.25) is 10.1 Å². The Morgan fingerprint density at radius 2 is 1.81 bits per heavy atom. The highest BCUT2D eigenvalue weighted by Gasteiger charge is 2.51. The molecule has 0 amide bonds. The molecule has 8 nitrogen and oxygen atoms in total. The van der Waals surface area contributed by atoms with Crippen LogP contribution in [0.5, 0.6) is 0 Å². The number of ether oxygens (including phenoxy) is 1. The quantitative estimate of drug-likeness (QED) is 0.582. The Morgan fingerprint density at radius 1 is 1.15 bits per heavy atom. The summed E-state index contributed by atoms with van der Waals surface area (Å²) >= 11 is 0. The molecule has 0 radical (unpaired) electrons. The van der Waals surface area contributed by atoms with Gasteiger partial charge in [-0.15, -0.1) is 0 Å². The van der Waals surface area contributed by atoms with E-state index in [-0.39, 0.29) is 28.1 Å². The molecule has 4 aliphatic carbocycles. The molecule has 6 rings (SSSR count). The van der Waals surface area contributed by atoms with Crippen LogP contribution in [0.4, 0.5) is 17.3 Å². The molecule has 4 saturated carbocycles. The molecule has 27 heavy (non-hydrogen) atoms. The van der Waals surface area contributed by atoms with Crippen molar-refractivity contribution < 1.29 is 9.66 Å². The van der Waals surface area contributed by atoms with Gasteiger partial charge in [0.2, 0.25) is 11.6 Å². The number of hydrogen-bond acceptors (Lipinski definition) is 7. The topological polar surface area (TPSA) is 102 Å². The summed E-state index contributed by atoms with van der Waals surface area (Å²) in [5.41, 5.74) is -0.0640. The molecule has 146 valence electrons. The molecule has 1 atom stereocenters. The van der Waals surface area contributed by atoms with Gasteiger partial charge in [-0.25, -0.2) is 9.97 Å². The first-order chi connectivity index (χ1) is 13.1. The maximum Gasteiger partial charge on any atom is 0.353 e. The van der Waals surface area contributed by atoms with Crippen LogP contribution >= 0.6 is 0 Å². The molecule has 0 aromatic carbocycles. The number of aromatic nitrogens is 2. The lowest BCUT2D eigenvalue weighted by atomic mass is 9.53. The average Bonchev–Trinajstić information content (AvgIpc) is 3.11. The first kappa shape index (κ1) is 17.2. The van der Waals surface area contributed by atoms with Crippen LogP contribution in [0.15, 0.2) is 6.33 Å². The van der Waals surface area contributed by atoms with Gasteiger partial charge in [-0.2, -0.15) is 0 Å². The molecule has 1 saturated heterocycles. The third-order valence-corrected chi connectivity index (χ3v) is 6.95. The third kappa shape index (κ3) is 3.24. The van der Waals surface area contributed by atoms with Gasteiger partial charge in [0.25, 0.3) is 0 Å². The zero-order valence-corrected chi connectivity index (χ0v) is 15.5. The number of anilines is 2. The normalized spacial score (nSPS) is 36.7. The van der Waals surface area contributed by atoms with Gasteiger partial charge < -0.3 is 15.4 Å². The Labute approximate surface area is 158 Å². The van der Waals surface area contributed by atoms with Crippen molar-refractivity contribution in [3.63, 3.8) is 0 Å². The summed E-state index contributed by atoms with van der Waals surface area (Å²) in [6, 6.07) is 0. The Morgan fingerprint density at radius 3 is 2.41 bits per heavy atom. The van der Waals surface area contributed by atoms with Gasteiger partial charge in [-0.1, -0.05) is 0 Å². The molecule has 0 spiro atoms. The van der Waals surface area contributed by atoms with Crippen LogP contribution in [0.25, 0.3) is 0 Å². The SMILES string of the molecule is O=[N+]([O-])c1c(NCC2CCCO2)ncnc1NC12CC3CC(CC(C3)C1)C2. The minimum Gasteiger partial charge on any atom is -0.376 e. The summed E-state index contributed by atoms with van der Waals surface area (Å²) in [4.78, 5) is 19.9. The molecule has 8 heteroatoms. The van der Waals surface area contributed by atoms with Crippen molar-refractivity contribution in [1.29, 1.82) is 0 Å². The van der Waals surface area contributed by atoms with Crippen LogP contribution in [0.2, 0.25) is 0 Å². The van der Waals surface area contributed by atoms with E-state index < -0.39 is 0 Å². The van der Waals surface area contributed by atoms with Crippen LogP contribution in [0, 0.1) is 27.9 Å². The zero-order valence-electron chi connectivity index (χ0n) is 15.5. The molecule has 5 aliphatic rings. The van der Waals surface area contributed by atoms with E-state index in [9.17, 15) is 10.1 Å². The first-order valence-electron chi connectivity index (χ1n) is 10.2. The van der Waals surface area contributed by atoms with Crippen LogP contribution in [-0.2, 0) is 4.74 Å². The highest BCUT2D eigenvalue weighted by atomic mass is 16.6. The predicted molar refractivity (Wildman–Crippen MR) is 101 cm³/mol. The molecule has 5 fully saturated rings. The van der Waals surface area contributed by atoms with Crippen LogP contribution in [-0.4, -0.2) is 39.7 Å². The summed E-state index contributed by atoms with van der Waals surface area (Å²) in [5, 5.41) is 18.5. The Balaban J connectivity index is 1.38. The lowest BCUT2D eigenvalue weighted by Gasteiger charge is -2.57. The zero-order chi connectivity index (χ0) is 18.4. The predicted octanol–water partition coefficient (Wildman–Crippen LogP) is 3.36. The van der Waals surface area contributed by atoms with E-state index in [1.54, 1.807) is 0 Å². The fourth-order valence-electron chi connectivity index (χ4n) is 6.30. The second kappa shape index (κ2) is 6.58. The third-order valence-electron chi connectivity index (χ3n) is 6.95. The molecular formula is C19H27N5O3. The van der Waals surface area contributed by atoms with Crippen molar-refractivity contribution in [2.75, 3.05) is 23.8 Å². The molecular weight excluding hydrogens is 346 g/mol. The Hall–Kier alpha value is -1.96. The fourth-order valence-corrected chi connectivity index (χ4v) is 6.30. The number of nitrogens with one attached hydrogen (secondary N) is 2. The monoisotopic (exact) mass is 373 g/mol. The molecule has 1 aliphatic heterocycles. The van der Waals surface area contributed by atoms with Crippen molar-refractivity contribution in [3.8, 4) is 0 Å². The van der Waals surface area contributed by atoms with E-state index in [2.05, 4.69) is 20.6 Å². The minimum atomic E-state index is -0.360. The molecule has 1 aromatic rings. The Bertz CT molecular complexity index is 699. The summed E-state index contributed by atoms with van der Waals surface area (Å²) in [7, 11) is 0. The van der Waals surface area contributed by atoms with Crippen molar-refractivity contribution in [2.24, 2.45) is 17.8 Å². The second-order valence-corrected chi connectivity index (χ2v) is 9.02. The second-order valence-electron chi connectivity index (χ2n) is 9.02. The molecule has 2 heterocycles. The van der Waals surface area contributed by atoms with Crippen molar-refractivity contribution in [1.82, 2.24) is 9.97 Å². The standard InChI is InChI=1S/C19H27N5O3/c25-24(26)16-17(20-10-15-2-1-3-27-15)21-11-22-18(16)23-19-7-12-4-13(8-19)6-14(5-12)9-19/h11-15H,1-10H2,(H2,20,21,22,23). The molecule has 1 unspecified atom stereocenters. The number of hydrogen-bond donors (Lipinski definition) is 2. The van der Waals surface area contributed by atoms with E-state index in [4.69, 9.17) is 4.74 Å². The van der Waals surface area contributed by atoms with Crippen LogP contribution in [0.3, 0.4) is 0 Å². The number of nitro groups is 1. The van der Waals surface area contributed by atoms with E-state index in [1.165, 1.54) is 25.6 Å². The highest BCUT2D eigenvalue weighted by Crippen LogP contribution is 2.56. The maximum absolute atomic E-state index is 11.8. The minimum absolute atomic E-state index is 0.0281. The Kier molecular flexibility index (Phi) is 4.18. The first-order valence-corrected chi connectivity index (χ1v) is 10.2. The molecule has 1 aromatic heterocycles. The van der Waals surface area contributed by atoms with Gasteiger partial charge in [0.15, 0.2) is 0 Å². The lowest BCUT2D eigenvalue weighted by Crippen LogP contribution is -2.55. The van der Waals surface area contributed by atoms with Gasteiger partial charge in [-0.05, 0) is 69.1 Å². The number of rotatable bonds is 6. The van der Waals surface area contributed by atoms with E-state index in [1.807, 2.05) is 0 Å². The van der Waals surface area contributed by atoms with E-state index >= 15 is 0 Å². The lowest BCUT2D eigenvalue weighted by molar-refractivity contribution is -0.383. The average molecular weight is 373 g/mol. The molecule has 2 N–H and O–H groups in total. The van der Waals surface area contributed by atoms with Crippen molar-refractivity contribution >= 4 is 17.3 Å². The van der Waals surface area contributed by atoms with E-state index in [0.29, 0.717) is 12.4 Å². The highest BCUT2D eigenvalue weighted by molar-refractivity contribution is 5.70. The molecule has 4 bridgehead atoms. The largest absolute Gasteiger partial charge is 0.376 e. The van der Waals surface area contributed by atoms with Crippen molar-refractivity contribution in [3.05, 3.63) is 16.4 Å². The summed E-state index contributed by atoms with van der Waals surface area (Å²) in [5.74, 6) is 2.95. The summed E-state index contributed by atoms with van der Waals surface area (Å²) < 4.78 is 5.60. The maximum atomic E-state index is 11.8. The van der Waals surface area contributed by atoms with Gasteiger partial charge in [0.05, 0.1) is 11.0 Å².